The molecule has 1 saturated heterocycles. The summed E-state index contributed by atoms with van der Waals surface area (Å²) in [4.78, 5) is 12.5. The molecule has 0 bridgehead atoms. The van der Waals surface area contributed by atoms with Crippen LogP contribution in [0.5, 0.6) is 0 Å². The minimum absolute atomic E-state index is 0.0434. The van der Waals surface area contributed by atoms with Gasteiger partial charge in [-0.05, 0) is 6.42 Å². The summed E-state index contributed by atoms with van der Waals surface area (Å²) >= 11 is 0. The predicted octanol–water partition coefficient (Wildman–Crippen LogP) is 0.271. The summed E-state index contributed by atoms with van der Waals surface area (Å²) in [6.07, 6.45) is -0.204. The predicted molar refractivity (Wildman–Crippen MR) is 145 cm³/mol. The molecule has 0 spiro atoms. The lowest BCUT2D eigenvalue weighted by molar-refractivity contribution is -0.329. The van der Waals surface area contributed by atoms with E-state index in [1.54, 1.807) is 0 Å². The highest BCUT2D eigenvalue weighted by molar-refractivity contribution is 5.69. The van der Waals surface area contributed by atoms with E-state index >= 15 is 0 Å². The summed E-state index contributed by atoms with van der Waals surface area (Å²) in [5.41, 5.74) is 0. The third-order valence-corrected chi connectivity index (χ3v) is 7.35. The van der Waals surface area contributed by atoms with E-state index in [2.05, 4.69) is 6.92 Å². The van der Waals surface area contributed by atoms with E-state index in [1.807, 2.05) is 0 Å². The van der Waals surface area contributed by atoms with Crippen LogP contribution in [-0.2, 0) is 19.0 Å². The van der Waals surface area contributed by atoms with Crippen molar-refractivity contribution in [3.63, 3.8) is 0 Å². The number of hydrogen-bond donors (Lipinski definition) is 8. The van der Waals surface area contributed by atoms with E-state index in [4.69, 9.17) is 19.3 Å². The molecule has 0 aliphatic carbocycles. The molecule has 12 heteroatoms. The number of carbonyl (C=O) groups excluding carboxylic acids is 1. The highest BCUT2D eigenvalue weighted by Gasteiger charge is 2.49. The second kappa shape index (κ2) is 21.7. The molecule has 12 nitrogen and oxygen atoms in total. The van der Waals surface area contributed by atoms with Crippen LogP contribution < -0.4 is 0 Å². The molecule has 0 radical (unpaired) electrons. The van der Waals surface area contributed by atoms with Gasteiger partial charge in [0.2, 0.25) is 0 Å². The minimum Gasteiger partial charge on any atom is -0.454 e. The Kier molecular flexibility index (Phi) is 20.1. The van der Waals surface area contributed by atoms with Crippen LogP contribution in [0, 0.1) is 0 Å². The highest BCUT2D eigenvalue weighted by atomic mass is 16.7. The molecule has 1 fully saturated rings. The largest absolute Gasteiger partial charge is 0.454 e. The van der Waals surface area contributed by atoms with Crippen molar-refractivity contribution in [3.05, 3.63) is 0 Å². The van der Waals surface area contributed by atoms with Gasteiger partial charge in [0, 0.05) is 6.42 Å². The molecule has 238 valence electrons. The van der Waals surface area contributed by atoms with Gasteiger partial charge in [0.1, 0.15) is 42.7 Å². The van der Waals surface area contributed by atoms with Crippen molar-refractivity contribution in [1.82, 2.24) is 0 Å². The Morgan fingerprint density at radius 3 is 1.73 bits per heavy atom. The van der Waals surface area contributed by atoms with E-state index in [9.17, 15) is 40.5 Å². The third-order valence-electron chi connectivity index (χ3n) is 7.35. The van der Waals surface area contributed by atoms with Crippen LogP contribution in [0.3, 0.4) is 0 Å². The van der Waals surface area contributed by atoms with Gasteiger partial charge in [-0.25, -0.2) is 0 Å². The van der Waals surface area contributed by atoms with Gasteiger partial charge in [-0.3, -0.25) is 4.79 Å². The lowest BCUT2D eigenvalue weighted by Crippen LogP contribution is -2.62. The number of unbranched alkanes of at least 4 members (excludes halogenated alkanes) is 12. The second-order valence-corrected chi connectivity index (χ2v) is 10.7. The smallest absolute Gasteiger partial charge is 0.306 e. The zero-order valence-electron chi connectivity index (χ0n) is 23.9. The maximum Gasteiger partial charge on any atom is 0.306 e. The number of rotatable bonds is 23. The van der Waals surface area contributed by atoms with Crippen molar-refractivity contribution in [3.8, 4) is 0 Å². The number of aliphatic hydroxyl groups excluding tert-OH is 8. The van der Waals surface area contributed by atoms with E-state index < -0.39 is 80.9 Å². The Hall–Kier alpha value is -0.930. The number of esters is 1. The van der Waals surface area contributed by atoms with Gasteiger partial charge in [0.25, 0.3) is 0 Å². The van der Waals surface area contributed by atoms with Crippen molar-refractivity contribution in [2.24, 2.45) is 0 Å². The zero-order chi connectivity index (χ0) is 29.9. The fraction of sp³-hybridized carbons (Fsp3) is 0.964. The fourth-order valence-corrected chi connectivity index (χ4v) is 4.77. The van der Waals surface area contributed by atoms with Gasteiger partial charge in [-0.15, -0.1) is 0 Å². The topological polar surface area (TPSA) is 207 Å². The Balaban J connectivity index is 2.54. The van der Waals surface area contributed by atoms with E-state index in [1.165, 1.54) is 51.4 Å². The van der Waals surface area contributed by atoms with Crippen molar-refractivity contribution in [2.45, 2.75) is 152 Å². The molecule has 0 amide bonds. The molecule has 1 aliphatic heterocycles. The summed E-state index contributed by atoms with van der Waals surface area (Å²) in [5.74, 6) is -0.686. The van der Waals surface area contributed by atoms with Crippen LogP contribution in [0.4, 0.5) is 0 Å². The van der Waals surface area contributed by atoms with Crippen molar-refractivity contribution in [1.29, 1.82) is 0 Å². The van der Waals surface area contributed by atoms with Crippen molar-refractivity contribution >= 4 is 5.97 Å². The summed E-state index contributed by atoms with van der Waals surface area (Å²) in [5, 5.41) is 79.0. The standard InChI is InChI=1S/C28H54O12/c1-2-3-4-5-6-7-8-9-10-11-12-13-14-15-22(34)39-27-25(37)24(36)21(18-31)38-28(27)40-26(20(33)17-30)23(35)19(32)16-29/h19-21,23-33,35-37H,2-18H2,1H3/t19-,20+,21+,23+,24-,25-,26+,27+,28-/m0/s1. The Bertz CT molecular complexity index is 638. The normalized spacial score (nSPS) is 26.3. The lowest BCUT2D eigenvalue weighted by Gasteiger charge is -2.43. The van der Waals surface area contributed by atoms with Gasteiger partial charge < -0.3 is 55.1 Å². The Morgan fingerprint density at radius 1 is 0.750 bits per heavy atom. The highest BCUT2D eigenvalue weighted by Crippen LogP contribution is 2.27. The summed E-state index contributed by atoms with van der Waals surface area (Å²) in [6, 6.07) is 0. The number of hydrogen-bond acceptors (Lipinski definition) is 12. The minimum atomic E-state index is -1.89. The van der Waals surface area contributed by atoms with E-state index in [-0.39, 0.29) is 6.42 Å². The molecular weight excluding hydrogens is 528 g/mol. The first-order valence-corrected chi connectivity index (χ1v) is 14.9. The van der Waals surface area contributed by atoms with Crippen LogP contribution in [0.25, 0.3) is 0 Å². The first kappa shape index (κ1) is 37.1. The molecule has 1 heterocycles. The molecule has 40 heavy (non-hydrogen) atoms. The average molecular weight is 583 g/mol. The van der Waals surface area contributed by atoms with Gasteiger partial charge in [0.15, 0.2) is 12.4 Å². The van der Waals surface area contributed by atoms with Crippen LogP contribution in [0.15, 0.2) is 0 Å². The van der Waals surface area contributed by atoms with Crippen LogP contribution in [0.2, 0.25) is 0 Å². The summed E-state index contributed by atoms with van der Waals surface area (Å²) < 4.78 is 16.3. The van der Waals surface area contributed by atoms with E-state index in [0.29, 0.717) is 6.42 Å². The maximum atomic E-state index is 12.5. The SMILES string of the molecule is CCCCCCCCCCCCCCCC(=O)O[C@H]1[C@H](O[C@@H]([C@H](O)[C@@H](O)CO)[C@H](O)CO)O[C@H](CO)[C@H](O)[C@@H]1O. The van der Waals surface area contributed by atoms with Crippen LogP contribution in [0.1, 0.15) is 96.8 Å². The molecule has 0 aromatic heterocycles. The maximum absolute atomic E-state index is 12.5. The molecule has 1 aliphatic rings. The Labute approximate surface area is 237 Å². The van der Waals surface area contributed by atoms with Gasteiger partial charge in [-0.2, -0.15) is 0 Å². The van der Waals surface area contributed by atoms with E-state index in [0.717, 1.165) is 25.7 Å². The molecule has 0 unspecified atom stereocenters. The third kappa shape index (κ3) is 13.4. The molecular formula is C28H54O12. The fourth-order valence-electron chi connectivity index (χ4n) is 4.77. The first-order valence-electron chi connectivity index (χ1n) is 14.9. The first-order chi connectivity index (χ1) is 19.2. The zero-order valence-corrected chi connectivity index (χ0v) is 23.9. The molecule has 1 rings (SSSR count). The molecule has 8 N–H and O–H groups in total. The van der Waals surface area contributed by atoms with Gasteiger partial charge >= 0.3 is 5.97 Å². The number of carbonyl (C=O) groups is 1. The molecule has 0 aromatic rings. The summed E-state index contributed by atoms with van der Waals surface area (Å²) in [7, 11) is 0. The molecule has 0 saturated carbocycles. The van der Waals surface area contributed by atoms with Gasteiger partial charge in [-0.1, -0.05) is 84.0 Å². The quantitative estimate of drug-likeness (QED) is 0.0604. The molecule has 9 atom stereocenters. The lowest BCUT2D eigenvalue weighted by atomic mass is 9.98. The monoisotopic (exact) mass is 582 g/mol. The van der Waals surface area contributed by atoms with Gasteiger partial charge in [0.05, 0.1) is 19.8 Å². The average Bonchev–Trinajstić information content (AvgIpc) is 2.96. The number of ether oxygens (including phenoxy) is 3. The number of aliphatic hydroxyl groups is 8. The van der Waals surface area contributed by atoms with Crippen molar-refractivity contribution < 1.29 is 59.9 Å². The molecule has 0 aromatic carbocycles. The summed E-state index contributed by atoms with van der Waals surface area (Å²) in [6.45, 7) is -0.297. The Morgan fingerprint density at radius 2 is 1.25 bits per heavy atom. The second-order valence-electron chi connectivity index (χ2n) is 10.7. The van der Waals surface area contributed by atoms with Crippen molar-refractivity contribution in [2.75, 3.05) is 19.8 Å². The van der Waals surface area contributed by atoms with Crippen LogP contribution in [-0.4, -0.2) is 122 Å². The van der Waals surface area contributed by atoms with Crippen LogP contribution >= 0.6 is 0 Å².